The molecule has 6 heteroatoms. The van der Waals surface area contributed by atoms with Crippen LogP contribution >= 0.6 is 0 Å². The van der Waals surface area contributed by atoms with Crippen LogP contribution < -0.4 is 5.32 Å². The molecule has 0 aromatic heterocycles. The van der Waals surface area contributed by atoms with Gasteiger partial charge in [0.2, 0.25) is 0 Å². The number of ether oxygens (including phenoxy) is 2. The second-order valence-corrected chi connectivity index (χ2v) is 6.57. The second kappa shape index (κ2) is 7.64. The molecule has 0 aromatic carbocycles. The van der Waals surface area contributed by atoms with Crippen LogP contribution in [0, 0.1) is 5.92 Å². The molecule has 1 heterocycles. The number of carbonyl (C=O) groups is 2. The maximum atomic E-state index is 12.1. The number of hydrogen-bond acceptors (Lipinski definition) is 5. The predicted octanol–water partition coefficient (Wildman–Crippen LogP) is 1.78. The molecule has 0 aliphatic carbocycles. The molecule has 6 nitrogen and oxygen atoms in total. The summed E-state index contributed by atoms with van der Waals surface area (Å²) in [6, 6.07) is 0.148. The Hall–Kier alpha value is -1.30. The lowest BCUT2D eigenvalue weighted by molar-refractivity contribution is -0.139. The van der Waals surface area contributed by atoms with E-state index in [0.717, 1.165) is 19.4 Å². The van der Waals surface area contributed by atoms with E-state index in [0.29, 0.717) is 12.5 Å². The molecule has 1 fully saturated rings. The van der Waals surface area contributed by atoms with Gasteiger partial charge in [-0.1, -0.05) is 0 Å². The van der Waals surface area contributed by atoms with Crippen LogP contribution in [0.5, 0.6) is 0 Å². The van der Waals surface area contributed by atoms with E-state index in [-0.39, 0.29) is 24.6 Å². The van der Waals surface area contributed by atoms with Crippen LogP contribution in [-0.2, 0) is 14.3 Å². The third kappa shape index (κ3) is 6.33. The van der Waals surface area contributed by atoms with Gasteiger partial charge < -0.3 is 19.7 Å². The van der Waals surface area contributed by atoms with E-state index in [2.05, 4.69) is 10.1 Å². The van der Waals surface area contributed by atoms with Crippen molar-refractivity contribution >= 4 is 12.1 Å². The molecule has 0 radical (unpaired) electrons. The third-order valence-corrected chi connectivity index (χ3v) is 3.61. The average molecular weight is 300 g/mol. The molecule has 0 aromatic rings. The molecule has 1 N–H and O–H groups in total. The zero-order chi connectivity index (χ0) is 16.0. The third-order valence-electron chi connectivity index (χ3n) is 3.61. The van der Waals surface area contributed by atoms with E-state index >= 15 is 0 Å². The molecule has 21 heavy (non-hydrogen) atoms. The zero-order valence-corrected chi connectivity index (χ0v) is 13.8. The summed E-state index contributed by atoms with van der Waals surface area (Å²) in [6.07, 6.45) is 1.73. The Morgan fingerprint density at radius 2 is 2.05 bits per heavy atom. The number of likely N-dealkylation sites (tertiary alicyclic amines) is 1. The standard InChI is InChI=1S/C15H28N2O4/c1-11(16-9-13(18)20-5)12-7-6-8-17(10-12)14(19)21-15(2,3)4/h11-12,16H,6-10H2,1-5H3. The van der Waals surface area contributed by atoms with Crippen LogP contribution in [-0.4, -0.2) is 55.3 Å². The number of nitrogens with one attached hydrogen (secondary N) is 1. The highest BCUT2D eigenvalue weighted by molar-refractivity contribution is 5.71. The smallest absolute Gasteiger partial charge is 0.410 e. The van der Waals surface area contributed by atoms with Crippen LogP contribution in [0.15, 0.2) is 0 Å². The fourth-order valence-corrected chi connectivity index (χ4v) is 2.39. The van der Waals surface area contributed by atoms with Gasteiger partial charge in [0.15, 0.2) is 0 Å². The highest BCUT2D eigenvalue weighted by Gasteiger charge is 2.30. The lowest BCUT2D eigenvalue weighted by Gasteiger charge is -2.36. The number of hydrogen-bond donors (Lipinski definition) is 1. The van der Waals surface area contributed by atoms with Gasteiger partial charge in [-0.2, -0.15) is 0 Å². The Morgan fingerprint density at radius 1 is 1.38 bits per heavy atom. The van der Waals surface area contributed by atoms with Gasteiger partial charge in [-0.05, 0) is 46.5 Å². The first kappa shape index (κ1) is 17.8. The SMILES string of the molecule is COC(=O)CNC(C)C1CCCN(C(=O)OC(C)(C)C)C1. The van der Waals surface area contributed by atoms with E-state index < -0.39 is 5.60 Å². The summed E-state index contributed by atoms with van der Waals surface area (Å²) < 4.78 is 10.0. The highest BCUT2D eigenvalue weighted by Crippen LogP contribution is 2.21. The molecule has 1 rings (SSSR count). The van der Waals surface area contributed by atoms with Gasteiger partial charge in [-0.3, -0.25) is 4.79 Å². The first-order valence-electron chi connectivity index (χ1n) is 7.51. The molecular formula is C15H28N2O4. The molecular weight excluding hydrogens is 272 g/mol. The predicted molar refractivity (Wildman–Crippen MR) is 80.0 cm³/mol. The van der Waals surface area contributed by atoms with Gasteiger partial charge in [0.25, 0.3) is 0 Å². The van der Waals surface area contributed by atoms with Crippen LogP contribution in [0.1, 0.15) is 40.5 Å². The molecule has 2 unspecified atom stereocenters. The number of carbonyl (C=O) groups excluding carboxylic acids is 2. The lowest BCUT2D eigenvalue weighted by Crippen LogP contribution is -2.48. The van der Waals surface area contributed by atoms with Crippen LogP contribution in [0.3, 0.4) is 0 Å². The molecule has 122 valence electrons. The summed E-state index contributed by atoms with van der Waals surface area (Å²) in [5, 5.41) is 3.16. The van der Waals surface area contributed by atoms with Crippen molar-refractivity contribution < 1.29 is 19.1 Å². The molecule has 1 aliphatic rings. The van der Waals surface area contributed by atoms with Gasteiger partial charge in [0.1, 0.15) is 5.60 Å². The maximum Gasteiger partial charge on any atom is 0.410 e. The number of piperidine rings is 1. The highest BCUT2D eigenvalue weighted by atomic mass is 16.6. The Morgan fingerprint density at radius 3 is 2.62 bits per heavy atom. The monoisotopic (exact) mass is 300 g/mol. The fourth-order valence-electron chi connectivity index (χ4n) is 2.39. The first-order chi connectivity index (χ1) is 9.73. The minimum atomic E-state index is -0.473. The molecule has 0 spiro atoms. The average Bonchev–Trinajstić information content (AvgIpc) is 2.42. The van der Waals surface area contributed by atoms with E-state index in [9.17, 15) is 9.59 Å². The molecule has 0 saturated carbocycles. The quantitative estimate of drug-likeness (QED) is 0.802. The Kier molecular flexibility index (Phi) is 6.45. The van der Waals surface area contributed by atoms with Crippen molar-refractivity contribution in [3.63, 3.8) is 0 Å². The lowest BCUT2D eigenvalue weighted by atomic mass is 9.92. The summed E-state index contributed by atoms with van der Waals surface area (Å²) in [6.45, 7) is 9.22. The summed E-state index contributed by atoms with van der Waals surface area (Å²) in [5.74, 6) is 0.0394. The zero-order valence-electron chi connectivity index (χ0n) is 13.8. The molecule has 1 saturated heterocycles. The van der Waals surface area contributed by atoms with Crippen molar-refractivity contribution in [3.05, 3.63) is 0 Å². The first-order valence-corrected chi connectivity index (χ1v) is 7.51. The minimum Gasteiger partial charge on any atom is -0.468 e. The van der Waals surface area contributed by atoms with E-state index in [1.807, 2.05) is 27.7 Å². The van der Waals surface area contributed by atoms with Crippen molar-refractivity contribution in [1.29, 1.82) is 0 Å². The Bertz CT molecular complexity index is 365. The number of amides is 1. The van der Waals surface area contributed by atoms with Crippen LogP contribution in [0.4, 0.5) is 4.79 Å². The van der Waals surface area contributed by atoms with Gasteiger partial charge in [0, 0.05) is 19.1 Å². The van der Waals surface area contributed by atoms with Crippen molar-refractivity contribution in [3.8, 4) is 0 Å². The summed E-state index contributed by atoms with van der Waals surface area (Å²) in [7, 11) is 1.37. The van der Waals surface area contributed by atoms with Gasteiger partial charge in [-0.25, -0.2) is 4.79 Å². The van der Waals surface area contributed by atoms with Crippen molar-refractivity contribution in [2.24, 2.45) is 5.92 Å². The normalized spacial score (nSPS) is 20.8. The second-order valence-electron chi connectivity index (χ2n) is 6.57. The molecule has 0 bridgehead atoms. The van der Waals surface area contributed by atoms with Crippen molar-refractivity contribution in [2.45, 2.75) is 52.2 Å². The van der Waals surface area contributed by atoms with Gasteiger partial charge in [-0.15, -0.1) is 0 Å². The van der Waals surface area contributed by atoms with Crippen LogP contribution in [0.2, 0.25) is 0 Å². The minimum absolute atomic E-state index is 0.148. The summed E-state index contributed by atoms with van der Waals surface area (Å²) >= 11 is 0. The summed E-state index contributed by atoms with van der Waals surface area (Å²) in [5.41, 5.74) is -0.473. The topological polar surface area (TPSA) is 67.9 Å². The van der Waals surface area contributed by atoms with Gasteiger partial charge in [0.05, 0.1) is 13.7 Å². The number of esters is 1. The number of rotatable bonds is 4. The van der Waals surface area contributed by atoms with Crippen LogP contribution in [0.25, 0.3) is 0 Å². The molecule has 1 aliphatic heterocycles. The van der Waals surface area contributed by atoms with Gasteiger partial charge >= 0.3 is 12.1 Å². The number of nitrogens with zero attached hydrogens (tertiary/aromatic N) is 1. The van der Waals surface area contributed by atoms with Crippen molar-refractivity contribution in [1.82, 2.24) is 10.2 Å². The van der Waals surface area contributed by atoms with E-state index in [1.165, 1.54) is 7.11 Å². The van der Waals surface area contributed by atoms with E-state index in [1.54, 1.807) is 4.90 Å². The fraction of sp³-hybridized carbons (Fsp3) is 0.867. The molecule has 2 atom stereocenters. The Balaban J connectivity index is 2.47. The number of methoxy groups -OCH3 is 1. The van der Waals surface area contributed by atoms with Crippen molar-refractivity contribution in [2.75, 3.05) is 26.7 Å². The summed E-state index contributed by atoms with van der Waals surface area (Å²) in [4.78, 5) is 25.0. The maximum absolute atomic E-state index is 12.1. The largest absolute Gasteiger partial charge is 0.468 e. The Labute approximate surface area is 127 Å². The van der Waals surface area contributed by atoms with E-state index in [4.69, 9.17) is 4.74 Å². The molecule has 1 amide bonds.